The maximum absolute atomic E-state index is 12.6. The number of rotatable bonds is 6. The number of amides is 3. The third-order valence-corrected chi connectivity index (χ3v) is 4.87. The summed E-state index contributed by atoms with van der Waals surface area (Å²) in [6.45, 7) is -0.351. The number of imide groups is 1. The summed E-state index contributed by atoms with van der Waals surface area (Å²) in [5, 5.41) is 2.16. The van der Waals surface area contributed by atoms with Crippen LogP contribution in [0.25, 0.3) is 6.08 Å². The van der Waals surface area contributed by atoms with Crippen molar-refractivity contribution in [2.45, 2.75) is 0 Å². The zero-order valence-electron chi connectivity index (χ0n) is 15.3. The number of anilines is 1. The van der Waals surface area contributed by atoms with Crippen LogP contribution in [-0.2, 0) is 9.59 Å². The summed E-state index contributed by atoms with van der Waals surface area (Å²) in [6.07, 6.45) is 1.57. The second-order valence-corrected chi connectivity index (χ2v) is 6.78. The summed E-state index contributed by atoms with van der Waals surface area (Å²) in [7, 11) is 3.05. The summed E-state index contributed by atoms with van der Waals surface area (Å²) < 4.78 is 10.5. The Kier molecular flexibility index (Phi) is 6.00. The Balaban J connectivity index is 1.74. The molecule has 8 heteroatoms. The minimum absolute atomic E-state index is 0.223. The van der Waals surface area contributed by atoms with E-state index in [0.29, 0.717) is 22.7 Å². The summed E-state index contributed by atoms with van der Waals surface area (Å²) in [4.78, 5) is 38.1. The van der Waals surface area contributed by atoms with Crippen LogP contribution in [0.15, 0.2) is 53.4 Å². The lowest BCUT2D eigenvalue weighted by molar-refractivity contribution is -0.127. The van der Waals surface area contributed by atoms with Crippen LogP contribution >= 0.6 is 11.8 Å². The highest BCUT2D eigenvalue weighted by Gasteiger charge is 2.36. The van der Waals surface area contributed by atoms with Gasteiger partial charge in [-0.05, 0) is 42.1 Å². The first-order valence-electron chi connectivity index (χ1n) is 8.34. The number of carbonyl (C=O) groups excluding carboxylic acids is 3. The Morgan fingerprint density at radius 3 is 2.54 bits per heavy atom. The van der Waals surface area contributed by atoms with Crippen molar-refractivity contribution in [1.29, 1.82) is 0 Å². The van der Waals surface area contributed by atoms with Crippen LogP contribution < -0.4 is 14.8 Å². The lowest BCUT2D eigenvalue weighted by Gasteiger charge is -2.12. The van der Waals surface area contributed by atoms with Gasteiger partial charge in [-0.3, -0.25) is 19.3 Å². The molecule has 0 saturated carbocycles. The van der Waals surface area contributed by atoms with Crippen LogP contribution in [-0.4, -0.2) is 42.7 Å². The molecule has 1 aliphatic heterocycles. The largest absolute Gasteiger partial charge is 0.497 e. The number of hydrogen-bond donors (Lipinski definition) is 1. The molecule has 1 saturated heterocycles. The molecule has 144 valence electrons. The number of carbonyl (C=O) groups is 3. The number of para-hydroxylation sites is 1. The third-order valence-electron chi connectivity index (χ3n) is 3.96. The van der Waals surface area contributed by atoms with Gasteiger partial charge in [-0.2, -0.15) is 0 Å². The summed E-state index contributed by atoms with van der Waals surface area (Å²) in [5.41, 5.74) is 1.22. The fourth-order valence-corrected chi connectivity index (χ4v) is 3.41. The molecule has 0 radical (unpaired) electrons. The van der Waals surface area contributed by atoms with Crippen LogP contribution in [0, 0.1) is 0 Å². The van der Waals surface area contributed by atoms with Gasteiger partial charge in [0.1, 0.15) is 18.0 Å². The van der Waals surface area contributed by atoms with E-state index in [9.17, 15) is 14.4 Å². The van der Waals surface area contributed by atoms with Crippen molar-refractivity contribution in [1.82, 2.24) is 4.90 Å². The van der Waals surface area contributed by atoms with E-state index in [4.69, 9.17) is 9.47 Å². The van der Waals surface area contributed by atoms with E-state index in [1.54, 1.807) is 55.7 Å². The van der Waals surface area contributed by atoms with E-state index in [0.717, 1.165) is 16.7 Å². The highest BCUT2D eigenvalue weighted by molar-refractivity contribution is 8.18. The Hall–Kier alpha value is -3.26. The van der Waals surface area contributed by atoms with E-state index < -0.39 is 17.1 Å². The molecule has 0 atom stereocenters. The molecule has 0 bridgehead atoms. The van der Waals surface area contributed by atoms with Crippen molar-refractivity contribution in [3.05, 3.63) is 59.0 Å². The smallest absolute Gasteiger partial charge is 0.294 e. The Morgan fingerprint density at radius 2 is 1.86 bits per heavy atom. The zero-order valence-corrected chi connectivity index (χ0v) is 16.1. The molecule has 0 aliphatic carbocycles. The number of methoxy groups -OCH3 is 2. The van der Waals surface area contributed by atoms with Crippen LogP contribution in [0.3, 0.4) is 0 Å². The molecule has 0 aromatic heterocycles. The number of thioether (sulfide) groups is 1. The first-order valence-corrected chi connectivity index (χ1v) is 9.15. The fraction of sp³-hybridized carbons (Fsp3) is 0.150. The van der Waals surface area contributed by atoms with Crippen molar-refractivity contribution in [3.63, 3.8) is 0 Å². The topological polar surface area (TPSA) is 84.9 Å². The summed E-state index contributed by atoms with van der Waals surface area (Å²) >= 11 is 0.786. The van der Waals surface area contributed by atoms with Gasteiger partial charge in [-0.1, -0.05) is 18.2 Å². The van der Waals surface area contributed by atoms with Gasteiger partial charge in [0, 0.05) is 17.3 Å². The Labute approximate surface area is 166 Å². The van der Waals surface area contributed by atoms with Gasteiger partial charge >= 0.3 is 0 Å². The minimum atomic E-state index is -0.518. The highest BCUT2D eigenvalue weighted by Crippen LogP contribution is 2.34. The van der Waals surface area contributed by atoms with E-state index in [2.05, 4.69) is 5.32 Å². The lowest BCUT2D eigenvalue weighted by Crippen LogP contribution is -2.36. The normalized spacial score (nSPS) is 15.1. The van der Waals surface area contributed by atoms with Crippen LogP contribution in [0.5, 0.6) is 11.5 Å². The van der Waals surface area contributed by atoms with Crippen molar-refractivity contribution in [3.8, 4) is 11.5 Å². The van der Waals surface area contributed by atoms with Crippen molar-refractivity contribution < 1.29 is 23.9 Å². The molecule has 1 aliphatic rings. The van der Waals surface area contributed by atoms with Gasteiger partial charge in [0.2, 0.25) is 5.91 Å². The molecule has 28 heavy (non-hydrogen) atoms. The lowest BCUT2D eigenvalue weighted by atomic mass is 10.1. The highest BCUT2D eigenvalue weighted by atomic mass is 32.2. The molecule has 7 nitrogen and oxygen atoms in total. The molecule has 2 aromatic carbocycles. The molecular weight excluding hydrogens is 380 g/mol. The maximum atomic E-state index is 12.6. The Bertz CT molecular complexity index is 943. The number of benzene rings is 2. The Morgan fingerprint density at radius 1 is 1.11 bits per heavy atom. The molecule has 0 unspecified atom stereocenters. The average molecular weight is 398 g/mol. The van der Waals surface area contributed by atoms with E-state index >= 15 is 0 Å². The number of hydrogen-bond acceptors (Lipinski definition) is 6. The summed E-state index contributed by atoms with van der Waals surface area (Å²) in [5.74, 6) is 0.153. The van der Waals surface area contributed by atoms with Gasteiger partial charge < -0.3 is 14.8 Å². The fourth-order valence-electron chi connectivity index (χ4n) is 2.58. The molecule has 3 rings (SSSR count). The van der Waals surface area contributed by atoms with Crippen molar-refractivity contribution >= 4 is 40.6 Å². The molecule has 1 fully saturated rings. The van der Waals surface area contributed by atoms with Gasteiger partial charge in [-0.25, -0.2) is 0 Å². The van der Waals surface area contributed by atoms with Gasteiger partial charge in [0.05, 0.1) is 19.1 Å². The SMILES string of the molecule is COc1ccc(/C=C2/SC(=O)N(CC(=O)Nc3ccccc3)C2=O)c(OC)c1. The predicted molar refractivity (Wildman–Crippen MR) is 107 cm³/mol. The van der Waals surface area contributed by atoms with Crippen LogP contribution in [0.4, 0.5) is 10.5 Å². The van der Waals surface area contributed by atoms with E-state index in [1.807, 2.05) is 6.07 Å². The van der Waals surface area contributed by atoms with E-state index in [1.165, 1.54) is 7.11 Å². The van der Waals surface area contributed by atoms with Crippen molar-refractivity contribution in [2.24, 2.45) is 0 Å². The van der Waals surface area contributed by atoms with Crippen LogP contribution in [0.2, 0.25) is 0 Å². The average Bonchev–Trinajstić information content (AvgIpc) is 2.96. The van der Waals surface area contributed by atoms with Gasteiger partial charge in [0.25, 0.3) is 11.1 Å². The quantitative estimate of drug-likeness (QED) is 0.751. The number of ether oxygens (including phenoxy) is 2. The summed E-state index contributed by atoms with van der Waals surface area (Å²) in [6, 6.07) is 14.0. The van der Waals surface area contributed by atoms with Crippen LogP contribution in [0.1, 0.15) is 5.56 Å². The van der Waals surface area contributed by atoms with Crippen molar-refractivity contribution in [2.75, 3.05) is 26.1 Å². The first kappa shape index (κ1) is 19.5. The molecule has 1 heterocycles. The third kappa shape index (κ3) is 4.34. The minimum Gasteiger partial charge on any atom is -0.497 e. The molecular formula is C20H18N2O5S. The van der Waals surface area contributed by atoms with Gasteiger partial charge in [-0.15, -0.1) is 0 Å². The molecule has 3 amide bonds. The molecule has 0 spiro atoms. The standard InChI is InChI=1S/C20H18N2O5S/c1-26-15-9-8-13(16(11-15)27-2)10-17-19(24)22(20(25)28-17)12-18(23)21-14-6-4-3-5-7-14/h3-11H,12H2,1-2H3,(H,21,23)/b17-10+. The first-order chi connectivity index (χ1) is 13.5. The maximum Gasteiger partial charge on any atom is 0.294 e. The molecule has 2 aromatic rings. The number of nitrogens with one attached hydrogen (secondary N) is 1. The zero-order chi connectivity index (χ0) is 20.1. The molecule has 1 N–H and O–H groups in total. The van der Waals surface area contributed by atoms with Gasteiger partial charge in [0.15, 0.2) is 0 Å². The number of nitrogens with zero attached hydrogens (tertiary/aromatic N) is 1. The van der Waals surface area contributed by atoms with E-state index in [-0.39, 0.29) is 11.4 Å². The predicted octanol–water partition coefficient (Wildman–Crippen LogP) is 3.38. The monoisotopic (exact) mass is 398 g/mol. The second kappa shape index (κ2) is 8.62. The second-order valence-electron chi connectivity index (χ2n) is 5.79.